The van der Waals surface area contributed by atoms with Gasteiger partial charge in [-0.3, -0.25) is 9.48 Å². The molecule has 7 heteroatoms. The average Bonchev–Trinajstić information content (AvgIpc) is 3.35. The highest BCUT2D eigenvalue weighted by atomic mass is 79.9. The third-order valence-electron chi connectivity index (χ3n) is 4.50. The highest BCUT2D eigenvalue weighted by Crippen LogP contribution is 2.48. The van der Waals surface area contributed by atoms with Crippen molar-refractivity contribution in [3.05, 3.63) is 50.9 Å². The maximum atomic E-state index is 11.6. The number of aromatic nitrogens is 4. The summed E-state index contributed by atoms with van der Waals surface area (Å²) in [5.41, 5.74) is 2.13. The van der Waals surface area contributed by atoms with Crippen LogP contribution in [0.1, 0.15) is 31.9 Å². The highest BCUT2D eigenvalue weighted by Gasteiger charge is 2.41. The second-order valence-corrected chi connectivity index (χ2v) is 7.05. The lowest BCUT2D eigenvalue weighted by Crippen LogP contribution is -2.20. The van der Waals surface area contributed by atoms with Crippen LogP contribution in [0.4, 0.5) is 0 Å². The molecule has 0 saturated heterocycles. The van der Waals surface area contributed by atoms with E-state index in [2.05, 4.69) is 38.3 Å². The second kappa shape index (κ2) is 7.61. The quantitative estimate of drug-likeness (QED) is 0.648. The molecule has 1 aliphatic carbocycles. The Kier molecular flexibility index (Phi) is 5.46. The van der Waals surface area contributed by atoms with Crippen LogP contribution in [-0.4, -0.2) is 26.2 Å². The van der Waals surface area contributed by atoms with Gasteiger partial charge in [0.25, 0.3) is 5.56 Å². The zero-order valence-electron chi connectivity index (χ0n) is 15.4. The van der Waals surface area contributed by atoms with Crippen molar-refractivity contribution in [1.29, 1.82) is 0 Å². The van der Waals surface area contributed by atoms with Crippen LogP contribution in [0.3, 0.4) is 0 Å². The van der Waals surface area contributed by atoms with Crippen LogP contribution in [0.5, 0.6) is 5.88 Å². The third-order valence-corrected chi connectivity index (χ3v) is 5.07. The molecule has 1 aliphatic rings. The Balaban J connectivity index is 0.000000948. The molecule has 0 N–H and O–H groups in total. The number of hydrogen-bond acceptors (Lipinski definition) is 4. The van der Waals surface area contributed by atoms with Crippen LogP contribution < -0.4 is 10.3 Å². The number of rotatable bonds is 4. The van der Waals surface area contributed by atoms with Crippen molar-refractivity contribution in [1.82, 2.24) is 19.6 Å². The first-order chi connectivity index (χ1) is 12.5. The lowest BCUT2D eigenvalue weighted by molar-refractivity contribution is 0.277. The first kappa shape index (κ1) is 18.6. The fourth-order valence-corrected chi connectivity index (χ4v) is 3.54. The monoisotopic (exact) mass is 418 g/mol. The summed E-state index contributed by atoms with van der Waals surface area (Å²) in [4.78, 5) is 11.6. The Hall–Kier alpha value is -2.15. The van der Waals surface area contributed by atoms with Crippen LogP contribution in [-0.2, 0) is 14.1 Å². The summed E-state index contributed by atoms with van der Waals surface area (Å²) in [6, 6.07) is 9.92. The molecule has 1 saturated carbocycles. The Morgan fingerprint density at radius 1 is 1.19 bits per heavy atom. The smallest absolute Gasteiger partial charge is 0.281 e. The number of aryl methyl sites for hydroxylation is 2. The van der Waals surface area contributed by atoms with Gasteiger partial charge in [0.2, 0.25) is 5.88 Å². The van der Waals surface area contributed by atoms with Crippen molar-refractivity contribution < 1.29 is 4.74 Å². The highest BCUT2D eigenvalue weighted by molar-refractivity contribution is 9.10. The number of nitrogens with zero attached hydrogens (tertiary/aromatic N) is 4. The zero-order valence-corrected chi connectivity index (χ0v) is 17.0. The number of benzene rings is 1. The van der Waals surface area contributed by atoms with Gasteiger partial charge in [0.1, 0.15) is 0 Å². The third kappa shape index (κ3) is 3.53. The van der Waals surface area contributed by atoms with E-state index in [1.54, 1.807) is 13.1 Å². The fraction of sp³-hybridized carbons (Fsp3) is 0.421. The Labute approximate surface area is 160 Å². The molecule has 138 valence electrons. The van der Waals surface area contributed by atoms with Crippen LogP contribution in [0.2, 0.25) is 0 Å². The van der Waals surface area contributed by atoms with E-state index in [9.17, 15) is 4.79 Å². The van der Waals surface area contributed by atoms with Gasteiger partial charge in [-0.25, -0.2) is 4.68 Å². The van der Waals surface area contributed by atoms with Crippen LogP contribution >= 0.6 is 15.9 Å². The molecule has 6 nitrogen and oxygen atoms in total. The molecule has 0 amide bonds. The zero-order chi connectivity index (χ0) is 18.8. The van der Waals surface area contributed by atoms with Crippen molar-refractivity contribution >= 4 is 26.8 Å². The van der Waals surface area contributed by atoms with Gasteiger partial charge >= 0.3 is 0 Å². The molecule has 1 fully saturated rings. The molecular formula is C19H23BrN4O2. The Morgan fingerprint density at radius 3 is 2.65 bits per heavy atom. The molecule has 0 radical (unpaired) electrons. The van der Waals surface area contributed by atoms with E-state index in [1.807, 2.05) is 37.7 Å². The summed E-state index contributed by atoms with van der Waals surface area (Å²) >= 11 is 3.23. The molecule has 1 aromatic carbocycles. The van der Waals surface area contributed by atoms with Crippen LogP contribution in [0.15, 0.2) is 39.6 Å². The van der Waals surface area contributed by atoms with Gasteiger partial charge in [-0.1, -0.05) is 32.0 Å². The van der Waals surface area contributed by atoms with Gasteiger partial charge in [-0.05, 0) is 28.4 Å². The average molecular weight is 419 g/mol. The Bertz CT molecular complexity index is 953. The summed E-state index contributed by atoms with van der Waals surface area (Å²) in [6.07, 6.45) is 1.06. The van der Waals surface area contributed by atoms with Crippen molar-refractivity contribution in [2.45, 2.75) is 26.2 Å². The van der Waals surface area contributed by atoms with Crippen LogP contribution in [0, 0.1) is 5.92 Å². The van der Waals surface area contributed by atoms with E-state index < -0.39 is 0 Å². The summed E-state index contributed by atoms with van der Waals surface area (Å²) in [5.74, 6) is 1.31. The Morgan fingerprint density at radius 2 is 1.92 bits per heavy atom. The van der Waals surface area contributed by atoms with Gasteiger partial charge in [0.15, 0.2) is 0 Å². The standard InChI is InChI=1S/C17H17BrN4O2.C2H6/c1-21-14-6-4-3-5-11(14)16(20-21)12-7-10(12)9-24-15-8-13(18)17(23)22(2)19-15;1-2/h3-6,8,10,12H,7,9H2,1-2H3;1-2H3. The summed E-state index contributed by atoms with van der Waals surface area (Å²) in [7, 11) is 3.59. The van der Waals surface area contributed by atoms with Crippen molar-refractivity contribution in [3.63, 3.8) is 0 Å². The molecule has 0 bridgehead atoms. The molecule has 0 spiro atoms. The first-order valence-corrected chi connectivity index (χ1v) is 9.62. The van der Waals surface area contributed by atoms with Gasteiger partial charge in [0, 0.05) is 37.4 Å². The predicted octanol–water partition coefficient (Wildman–Crippen LogP) is 3.64. The molecule has 3 aromatic rings. The maximum absolute atomic E-state index is 11.6. The summed E-state index contributed by atoms with van der Waals surface area (Å²) < 4.78 is 9.45. The lowest BCUT2D eigenvalue weighted by Gasteiger charge is -2.06. The number of para-hydroxylation sites is 1. The van der Waals surface area contributed by atoms with Crippen molar-refractivity contribution in [2.24, 2.45) is 20.0 Å². The second-order valence-electron chi connectivity index (χ2n) is 6.20. The van der Waals surface area contributed by atoms with E-state index in [0.29, 0.717) is 28.8 Å². The maximum Gasteiger partial charge on any atom is 0.281 e. The van der Waals surface area contributed by atoms with Gasteiger partial charge in [-0.15, -0.1) is 5.10 Å². The van der Waals surface area contributed by atoms with Gasteiger partial charge in [-0.2, -0.15) is 5.10 Å². The number of ether oxygens (including phenoxy) is 1. The minimum atomic E-state index is -0.174. The topological polar surface area (TPSA) is 61.9 Å². The SMILES string of the molecule is CC.Cn1nc(OCC2CC2c2nn(C)c3ccccc23)cc(Br)c1=O. The summed E-state index contributed by atoms with van der Waals surface area (Å²) in [5, 5.41) is 10.0. The molecule has 2 atom stereocenters. The normalized spacial score (nSPS) is 18.3. The molecule has 0 aliphatic heterocycles. The number of hydrogen-bond donors (Lipinski definition) is 0. The van der Waals surface area contributed by atoms with Gasteiger partial charge in [0.05, 0.1) is 22.3 Å². The minimum absolute atomic E-state index is 0.174. The summed E-state index contributed by atoms with van der Waals surface area (Å²) in [6.45, 7) is 4.58. The molecular weight excluding hydrogens is 396 g/mol. The molecule has 2 aromatic heterocycles. The van der Waals surface area contributed by atoms with E-state index in [4.69, 9.17) is 4.74 Å². The predicted molar refractivity (Wildman–Crippen MR) is 106 cm³/mol. The van der Waals surface area contributed by atoms with Gasteiger partial charge < -0.3 is 4.74 Å². The van der Waals surface area contributed by atoms with Crippen molar-refractivity contribution in [2.75, 3.05) is 6.61 Å². The van der Waals surface area contributed by atoms with Crippen LogP contribution in [0.25, 0.3) is 10.9 Å². The van der Waals surface area contributed by atoms with Crippen molar-refractivity contribution in [3.8, 4) is 5.88 Å². The van der Waals surface area contributed by atoms with E-state index >= 15 is 0 Å². The molecule has 4 rings (SSSR count). The molecule has 2 unspecified atom stereocenters. The van der Waals surface area contributed by atoms with E-state index in [-0.39, 0.29) is 5.56 Å². The number of fused-ring (bicyclic) bond motifs is 1. The largest absolute Gasteiger partial charge is 0.476 e. The number of halogens is 1. The molecule has 2 heterocycles. The molecule has 26 heavy (non-hydrogen) atoms. The first-order valence-electron chi connectivity index (χ1n) is 8.83. The lowest BCUT2D eigenvalue weighted by atomic mass is 10.1. The van der Waals surface area contributed by atoms with E-state index in [0.717, 1.165) is 17.6 Å². The fourth-order valence-electron chi connectivity index (χ4n) is 3.09. The minimum Gasteiger partial charge on any atom is -0.476 e. The van der Waals surface area contributed by atoms with E-state index in [1.165, 1.54) is 10.1 Å².